The maximum Gasteiger partial charge on any atom is 0.0246 e. The number of nitrogens with two attached hydrogens (primary N) is 1. The lowest BCUT2D eigenvalue weighted by atomic mass is 10.3. The Kier molecular flexibility index (Phi) is 8.29. The van der Waals surface area contributed by atoms with Gasteiger partial charge in [-0.3, -0.25) is 4.21 Å². The lowest BCUT2D eigenvalue weighted by Crippen LogP contribution is -2.08. The highest BCUT2D eigenvalue weighted by Gasteiger charge is 1.97. The largest absolute Gasteiger partial charge is 0.330 e. The van der Waals surface area contributed by atoms with Crippen LogP contribution in [-0.4, -0.2) is 22.3 Å². The highest BCUT2D eigenvalue weighted by Crippen LogP contribution is 1.97. The van der Waals surface area contributed by atoms with Gasteiger partial charge in [0.1, 0.15) is 0 Å². The molecular weight excluding hydrogens is 158 g/mol. The molecule has 0 aromatic carbocycles. The Morgan fingerprint density at radius 1 is 1.18 bits per heavy atom. The molecule has 68 valence electrons. The maximum absolute atomic E-state index is 11.1. The molecule has 0 aliphatic carbocycles. The lowest BCUT2D eigenvalue weighted by molar-refractivity contribution is 0.674. The molecular formula is C8H19NOS. The zero-order valence-electron chi connectivity index (χ0n) is 7.34. The quantitative estimate of drug-likeness (QED) is 0.595. The van der Waals surface area contributed by atoms with Crippen LogP contribution >= 0.6 is 0 Å². The molecule has 1 unspecified atom stereocenters. The van der Waals surface area contributed by atoms with Gasteiger partial charge < -0.3 is 5.73 Å². The Labute approximate surface area is 72.0 Å². The van der Waals surface area contributed by atoms with Crippen molar-refractivity contribution in [3.05, 3.63) is 0 Å². The average molecular weight is 177 g/mol. The normalized spacial score (nSPS) is 13.3. The summed E-state index contributed by atoms with van der Waals surface area (Å²) < 4.78 is 11.1. The van der Waals surface area contributed by atoms with E-state index < -0.39 is 10.8 Å². The first kappa shape index (κ1) is 11.1. The number of rotatable bonds is 7. The van der Waals surface area contributed by atoms with E-state index in [0.29, 0.717) is 6.54 Å². The van der Waals surface area contributed by atoms with Crippen molar-refractivity contribution in [1.29, 1.82) is 0 Å². The second-order valence-electron chi connectivity index (χ2n) is 2.70. The van der Waals surface area contributed by atoms with Crippen LogP contribution in [0.1, 0.15) is 32.6 Å². The third-order valence-corrected chi connectivity index (χ3v) is 3.04. The predicted octanol–water partition coefficient (Wildman–Crippen LogP) is 1.27. The van der Waals surface area contributed by atoms with Crippen LogP contribution in [0.5, 0.6) is 0 Å². The number of hydrogen-bond acceptors (Lipinski definition) is 2. The Hall–Kier alpha value is 0.110. The highest BCUT2D eigenvalue weighted by atomic mass is 32.2. The van der Waals surface area contributed by atoms with Crippen LogP contribution in [0.4, 0.5) is 0 Å². The van der Waals surface area contributed by atoms with E-state index in [4.69, 9.17) is 5.73 Å². The van der Waals surface area contributed by atoms with Gasteiger partial charge in [-0.05, 0) is 19.4 Å². The minimum absolute atomic E-state index is 0.601. The number of unbranched alkanes of at least 4 members (excludes halogenated alkanes) is 2. The van der Waals surface area contributed by atoms with Gasteiger partial charge in [0, 0.05) is 22.3 Å². The third kappa shape index (κ3) is 8.01. The predicted molar refractivity (Wildman–Crippen MR) is 51.1 cm³/mol. The molecule has 2 nitrogen and oxygen atoms in total. The first-order valence-electron chi connectivity index (χ1n) is 4.36. The molecule has 0 saturated carbocycles. The van der Waals surface area contributed by atoms with Gasteiger partial charge in [0.2, 0.25) is 0 Å². The average Bonchev–Trinajstić information content (AvgIpc) is 2.01. The molecule has 0 saturated heterocycles. The summed E-state index contributed by atoms with van der Waals surface area (Å²) in [7, 11) is -0.601. The van der Waals surface area contributed by atoms with Crippen LogP contribution in [0.25, 0.3) is 0 Å². The van der Waals surface area contributed by atoms with Crippen molar-refractivity contribution >= 4 is 10.8 Å². The maximum atomic E-state index is 11.1. The molecule has 0 aliphatic rings. The van der Waals surface area contributed by atoms with Crippen molar-refractivity contribution in [2.24, 2.45) is 5.73 Å². The molecule has 0 aromatic heterocycles. The van der Waals surface area contributed by atoms with Crippen LogP contribution in [0.3, 0.4) is 0 Å². The fourth-order valence-electron chi connectivity index (χ4n) is 0.859. The summed E-state index contributed by atoms with van der Waals surface area (Å²) >= 11 is 0. The van der Waals surface area contributed by atoms with Gasteiger partial charge in [0.15, 0.2) is 0 Å². The van der Waals surface area contributed by atoms with Gasteiger partial charge in [-0.25, -0.2) is 0 Å². The van der Waals surface area contributed by atoms with Crippen molar-refractivity contribution in [1.82, 2.24) is 0 Å². The Balaban J connectivity index is 3.09. The summed E-state index contributed by atoms with van der Waals surface area (Å²) in [6.45, 7) is 2.82. The van der Waals surface area contributed by atoms with Crippen LogP contribution in [0.15, 0.2) is 0 Å². The minimum Gasteiger partial charge on any atom is -0.330 e. The van der Waals surface area contributed by atoms with Crippen molar-refractivity contribution in [3.63, 3.8) is 0 Å². The van der Waals surface area contributed by atoms with E-state index in [1.165, 1.54) is 12.8 Å². The zero-order chi connectivity index (χ0) is 8.53. The van der Waals surface area contributed by atoms with Gasteiger partial charge in [0.05, 0.1) is 0 Å². The summed E-state index contributed by atoms with van der Waals surface area (Å²) in [6, 6.07) is 0. The molecule has 0 spiro atoms. The molecule has 0 amide bonds. The van der Waals surface area contributed by atoms with E-state index in [0.717, 1.165) is 24.3 Å². The van der Waals surface area contributed by atoms with Crippen LogP contribution in [0.2, 0.25) is 0 Å². The van der Waals surface area contributed by atoms with E-state index in [1.807, 2.05) is 0 Å². The Morgan fingerprint density at radius 3 is 2.36 bits per heavy atom. The van der Waals surface area contributed by atoms with E-state index in [-0.39, 0.29) is 0 Å². The van der Waals surface area contributed by atoms with Gasteiger partial charge in [-0.1, -0.05) is 19.8 Å². The van der Waals surface area contributed by atoms with E-state index >= 15 is 0 Å². The Morgan fingerprint density at radius 2 is 1.82 bits per heavy atom. The topological polar surface area (TPSA) is 43.1 Å². The fourth-order valence-corrected chi connectivity index (χ4v) is 2.08. The zero-order valence-corrected chi connectivity index (χ0v) is 8.16. The fraction of sp³-hybridized carbons (Fsp3) is 1.00. The highest BCUT2D eigenvalue weighted by molar-refractivity contribution is 7.84. The minimum atomic E-state index is -0.601. The van der Waals surface area contributed by atoms with Crippen molar-refractivity contribution < 1.29 is 4.21 Å². The molecule has 0 fully saturated rings. The molecule has 0 heterocycles. The van der Waals surface area contributed by atoms with Gasteiger partial charge in [-0.2, -0.15) is 0 Å². The summed E-state index contributed by atoms with van der Waals surface area (Å²) in [4.78, 5) is 0. The standard InChI is InChI=1S/C8H19NOS/c1-2-3-4-7-11(10)8-5-6-9/h2-9H2,1H3. The molecule has 1 atom stereocenters. The molecule has 0 radical (unpaired) electrons. The molecule has 0 rings (SSSR count). The summed E-state index contributed by atoms with van der Waals surface area (Å²) in [6.07, 6.45) is 4.41. The third-order valence-electron chi connectivity index (χ3n) is 1.55. The molecule has 11 heavy (non-hydrogen) atoms. The van der Waals surface area contributed by atoms with Gasteiger partial charge >= 0.3 is 0 Å². The second-order valence-corrected chi connectivity index (χ2v) is 4.39. The van der Waals surface area contributed by atoms with Crippen LogP contribution in [0, 0.1) is 0 Å². The lowest BCUT2D eigenvalue weighted by Gasteiger charge is -1.99. The molecule has 0 aliphatic heterocycles. The first-order valence-corrected chi connectivity index (χ1v) is 5.85. The van der Waals surface area contributed by atoms with E-state index in [9.17, 15) is 4.21 Å². The molecule has 2 N–H and O–H groups in total. The second kappa shape index (κ2) is 8.21. The van der Waals surface area contributed by atoms with Crippen LogP contribution < -0.4 is 5.73 Å². The van der Waals surface area contributed by atoms with E-state index in [2.05, 4.69) is 6.92 Å². The first-order chi connectivity index (χ1) is 5.31. The summed E-state index contributed by atoms with van der Waals surface area (Å²) in [5.74, 6) is 1.66. The monoisotopic (exact) mass is 177 g/mol. The van der Waals surface area contributed by atoms with Crippen molar-refractivity contribution in [3.8, 4) is 0 Å². The molecule has 0 bridgehead atoms. The van der Waals surface area contributed by atoms with Crippen molar-refractivity contribution in [2.75, 3.05) is 18.1 Å². The van der Waals surface area contributed by atoms with Crippen molar-refractivity contribution in [2.45, 2.75) is 32.6 Å². The van der Waals surface area contributed by atoms with Gasteiger partial charge in [-0.15, -0.1) is 0 Å². The summed E-state index contributed by atoms with van der Waals surface area (Å²) in [5.41, 5.74) is 5.30. The Bertz CT molecular complexity index is 106. The summed E-state index contributed by atoms with van der Waals surface area (Å²) in [5, 5.41) is 0. The molecule has 3 heteroatoms. The SMILES string of the molecule is CCCCCS(=O)CCCN. The number of hydrogen-bond donors (Lipinski definition) is 1. The van der Waals surface area contributed by atoms with E-state index in [1.54, 1.807) is 0 Å². The molecule has 0 aromatic rings. The smallest absolute Gasteiger partial charge is 0.0246 e. The van der Waals surface area contributed by atoms with Crippen LogP contribution in [-0.2, 0) is 10.8 Å². The van der Waals surface area contributed by atoms with Gasteiger partial charge in [0.25, 0.3) is 0 Å².